The summed E-state index contributed by atoms with van der Waals surface area (Å²) in [7, 11) is -3.65. The van der Waals surface area contributed by atoms with Gasteiger partial charge in [0.2, 0.25) is 10.0 Å². The van der Waals surface area contributed by atoms with E-state index in [-0.39, 0.29) is 22.5 Å². The molecule has 1 aromatic carbocycles. The van der Waals surface area contributed by atoms with Crippen molar-refractivity contribution in [1.82, 2.24) is 4.72 Å². The van der Waals surface area contributed by atoms with E-state index in [2.05, 4.69) is 4.72 Å². The van der Waals surface area contributed by atoms with Crippen LogP contribution in [0.1, 0.15) is 19.4 Å². The van der Waals surface area contributed by atoms with Gasteiger partial charge in [0.25, 0.3) is 0 Å². The summed E-state index contributed by atoms with van der Waals surface area (Å²) in [6.07, 6.45) is -0.197. The molecule has 0 aliphatic carbocycles. The van der Waals surface area contributed by atoms with E-state index >= 15 is 0 Å². The van der Waals surface area contributed by atoms with E-state index in [9.17, 15) is 8.42 Å². The van der Waals surface area contributed by atoms with Crippen LogP contribution in [0.5, 0.6) is 0 Å². The number of nitrogens with one attached hydrogen (secondary N) is 1. The third-order valence-corrected chi connectivity index (χ3v) is 4.16. The predicted octanol–water partition coefficient (Wildman–Crippen LogP) is 1.02. The fourth-order valence-corrected chi connectivity index (χ4v) is 3.13. The molecule has 0 aliphatic rings. The number of hydrogen-bond donors (Lipinski definition) is 2. The fraction of sp³-hybridized carbons (Fsp3) is 0.417. The summed E-state index contributed by atoms with van der Waals surface area (Å²) in [4.78, 5) is 0.144. The molecule has 0 amide bonds. The largest absolute Gasteiger partial charge is 0.389 e. The lowest BCUT2D eigenvalue weighted by molar-refractivity contribution is 0.0799. The molecule has 0 saturated carbocycles. The lowest BCUT2D eigenvalue weighted by Crippen LogP contribution is -2.33. The maximum atomic E-state index is 12.2. The van der Waals surface area contributed by atoms with Crippen LogP contribution in [0.25, 0.3) is 0 Å². The van der Waals surface area contributed by atoms with Crippen LogP contribution in [0, 0.1) is 0 Å². The van der Waals surface area contributed by atoms with Crippen LogP contribution in [0.3, 0.4) is 0 Å². The molecule has 0 fully saturated rings. The molecule has 0 heterocycles. The molecule has 5 nitrogen and oxygen atoms in total. The van der Waals surface area contributed by atoms with Crippen molar-refractivity contribution < 1.29 is 13.2 Å². The maximum Gasteiger partial charge on any atom is 0.241 e. The summed E-state index contributed by atoms with van der Waals surface area (Å²) in [6, 6.07) is 6.38. The van der Waals surface area contributed by atoms with Gasteiger partial charge >= 0.3 is 0 Å². The topological polar surface area (TPSA) is 81.4 Å². The minimum atomic E-state index is -3.65. The number of hydrogen-bond acceptors (Lipinski definition) is 4. The van der Waals surface area contributed by atoms with Crippen molar-refractivity contribution in [2.75, 3.05) is 13.2 Å². The van der Waals surface area contributed by atoms with Gasteiger partial charge in [-0.1, -0.05) is 30.4 Å². The number of rotatable bonds is 7. The lowest BCUT2D eigenvalue weighted by Gasteiger charge is -2.14. The molecule has 106 valence electrons. The van der Waals surface area contributed by atoms with Crippen LogP contribution in [-0.4, -0.2) is 32.7 Å². The third-order valence-electron chi connectivity index (χ3n) is 2.45. The van der Waals surface area contributed by atoms with Gasteiger partial charge in [0.15, 0.2) is 0 Å². The monoisotopic (exact) mass is 302 g/mol. The van der Waals surface area contributed by atoms with E-state index in [1.165, 1.54) is 6.07 Å². The second-order valence-electron chi connectivity index (χ2n) is 3.98. The zero-order valence-electron chi connectivity index (χ0n) is 10.9. The van der Waals surface area contributed by atoms with Crippen molar-refractivity contribution in [3.05, 3.63) is 29.8 Å². The summed E-state index contributed by atoms with van der Waals surface area (Å²) < 4.78 is 32.1. The van der Waals surface area contributed by atoms with Crippen molar-refractivity contribution in [2.24, 2.45) is 5.73 Å². The molecule has 0 saturated heterocycles. The van der Waals surface area contributed by atoms with Gasteiger partial charge in [-0.05, 0) is 19.9 Å². The molecule has 19 heavy (non-hydrogen) atoms. The number of ether oxygens (including phenoxy) is 1. The van der Waals surface area contributed by atoms with Crippen LogP contribution in [0.2, 0.25) is 0 Å². The SMILES string of the molecule is CCOC(C)CNS(=O)(=O)c1ccccc1C(N)=S. The van der Waals surface area contributed by atoms with Crippen molar-refractivity contribution >= 4 is 27.2 Å². The van der Waals surface area contributed by atoms with Gasteiger partial charge in [0.05, 0.1) is 11.0 Å². The minimum absolute atomic E-state index is 0.0545. The molecular weight excluding hydrogens is 284 g/mol. The Morgan fingerprint density at radius 3 is 2.68 bits per heavy atom. The van der Waals surface area contributed by atoms with E-state index < -0.39 is 10.0 Å². The Morgan fingerprint density at radius 2 is 2.11 bits per heavy atom. The zero-order valence-corrected chi connectivity index (χ0v) is 12.6. The smallest absolute Gasteiger partial charge is 0.241 e. The molecular formula is C12H18N2O3S2. The van der Waals surface area contributed by atoms with E-state index in [0.29, 0.717) is 12.2 Å². The second-order valence-corrected chi connectivity index (χ2v) is 6.15. The summed E-state index contributed by atoms with van der Waals surface area (Å²) in [5.74, 6) is 0. The normalized spacial score (nSPS) is 13.2. The van der Waals surface area contributed by atoms with E-state index in [4.69, 9.17) is 22.7 Å². The van der Waals surface area contributed by atoms with Crippen LogP contribution < -0.4 is 10.5 Å². The first kappa shape index (κ1) is 16.0. The Hall–Kier alpha value is -1.02. The van der Waals surface area contributed by atoms with Gasteiger partial charge in [-0.3, -0.25) is 0 Å². The van der Waals surface area contributed by atoms with Gasteiger partial charge in [-0.25, -0.2) is 13.1 Å². The van der Waals surface area contributed by atoms with Crippen molar-refractivity contribution in [1.29, 1.82) is 0 Å². The fourth-order valence-electron chi connectivity index (χ4n) is 1.55. The summed E-state index contributed by atoms with van der Waals surface area (Å²) in [5, 5.41) is 0. The minimum Gasteiger partial charge on any atom is -0.389 e. The number of benzene rings is 1. The highest BCUT2D eigenvalue weighted by molar-refractivity contribution is 7.89. The molecule has 1 unspecified atom stereocenters. The highest BCUT2D eigenvalue weighted by Crippen LogP contribution is 2.15. The Labute approximate surface area is 119 Å². The molecule has 0 radical (unpaired) electrons. The molecule has 1 aromatic rings. The zero-order chi connectivity index (χ0) is 14.5. The standard InChI is InChI=1S/C12H18N2O3S2/c1-3-17-9(2)8-14-19(15,16)11-7-5-4-6-10(11)12(13)18/h4-7,9,14H,3,8H2,1-2H3,(H2,13,18). The maximum absolute atomic E-state index is 12.2. The average molecular weight is 302 g/mol. The molecule has 0 spiro atoms. The van der Waals surface area contributed by atoms with Crippen LogP contribution >= 0.6 is 12.2 Å². The molecule has 1 atom stereocenters. The highest BCUT2D eigenvalue weighted by Gasteiger charge is 2.19. The summed E-state index contributed by atoms with van der Waals surface area (Å²) in [6.45, 7) is 4.38. The first-order valence-corrected chi connectivity index (χ1v) is 7.77. The average Bonchev–Trinajstić information content (AvgIpc) is 2.37. The van der Waals surface area contributed by atoms with Crippen molar-refractivity contribution in [2.45, 2.75) is 24.8 Å². The molecule has 1 rings (SSSR count). The number of nitrogens with two attached hydrogens (primary N) is 1. The van der Waals surface area contributed by atoms with Crippen LogP contribution in [-0.2, 0) is 14.8 Å². The molecule has 3 N–H and O–H groups in total. The van der Waals surface area contributed by atoms with Crippen LogP contribution in [0.15, 0.2) is 29.2 Å². The molecule has 7 heteroatoms. The third kappa shape index (κ3) is 4.54. The molecule has 0 aliphatic heterocycles. The van der Waals surface area contributed by atoms with Gasteiger partial charge in [-0.2, -0.15) is 0 Å². The number of sulfonamides is 1. The first-order valence-electron chi connectivity index (χ1n) is 5.88. The van der Waals surface area contributed by atoms with Crippen LogP contribution in [0.4, 0.5) is 0 Å². The predicted molar refractivity (Wildman–Crippen MR) is 78.6 cm³/mol. The van der Waals surface area contributed by atoms with Crippen molar-refractivity contribution in [3.8, 4) is 0 Å². The number of thiocarbonyl (C=S) groups is 1. The van der Waals surface area contributed by atoms with E-state index in [1.807, 2.05) is 6.92 Å². The second kappa shape index (κ2) is 6.95. The lowest BCUT2D eigenvalue weighted by atomic mass is 10.2. The van der Waals surface area contributed by atoms with Gasteiger partial charge in [0.1, 0.15) is 4.99 Å². The van der Waals surface area contributed by atoms with E-state index in [1.54, 1.807) is 25.1 Å². The highest BCUT2D eigenvalue weighted by atomic mass is 32.2. The van der Waals surface area contributed by atoms with Gasteiger partial charge < -0.3 is 10.5 Å². The summed E-state index contributed by atoms with van der Waals surface area (Å²) >= 11 is 4.86. The van der Waals surface area contributed by atoms with Gasteiger partial charge in [-0.15, -0.1) is 0 Å². The molecule has 0 bridgehead atoms. The first-order chi connectivity index (χ1) is 8.88. The van der Waals surface area contributed by atoms with Gasteiger partial charge in [0, 0.05) is 18.7 Å². The summed E-state index contributed by atoms with van der Waals surface area (Å²) in [5.41, 5.74) is 5.87. The molecule has 0 aromatic heterocycles. The Kier molecular flexibility index (Phi) is 5.86. The Bertz CT molecular complexity index is 544. The quantitative estimate of drug-likeness (QED) is 0.735. The van der Waals surface area contributed by atoms with Crippen molar-refractivity contribution in [3.63, 3.8) is 0 Å². The van der Waals surface area contributed by atoms with E-state index in [0.717, 1.165) is 0 Å². The Morgan fingerprint density at radius 1 is 1.47 bits per heavy atom. The Balaban J connectivity index is 2.92.